The van der Waals surface area contributed by atoms with Crippen molar-refractivity contribution in [1.29, 1.82) is 0 Å². The molecule has 0 bridgehead atoms. The minimum absolute atomic E-state index is 0.0455. The van der Waals surface area contributed by atoms with E-state index in [1.807, 2.05) is 0 Å². The lowest BCUT2D eigenvalue weighted by Gasteiger charge is -2.17. The zero-order valence-electron chi connectivity index (χ0n) is 17.0. The molecule has 1 saturated heterocycles. The molecule has 11 heteroatoms. The molecule has 0 aliphatic carbocycles. The Balaban J connectivity index is 1.36. The van der Waals surface area contributed by atoms with Crippen LogP contribution in [0.5, 0.6) is 0 Å². The highest BCUT2D eigenvalue weighted by atomic mass is 19.1. The number of aromatic nitrogens is 4. The number of hydrogen-bond donors (Lipinski definition) is 1. The van der Waals surface area contributed by atoms with Gasteiger partial charge < -0.3 is 4.90 Å². The molecule has 33 heavy (non-hydrogen) atoms. The number of carbonyl (C=O) groups is 2. The van der Waals surface area contributed by atoms with Crippen molar-refractivity contribution in [3.05, 3.63) is 83.0 Å². The molecule has 1 fully saturated rings. The van der Waals surface area contributed by atoms with Gasteiger partial charge in [-0.15, -0.1) is 0 Å². The SMILES string of the molecule is O=C(Nn1cnc2c(cnn2-c2ccc(F)cc2)c1=O)C1CC(=O)N(c2ccc(F)cc2)C1. The van der Waals surface area contributed by atoms with E-state index < -0.39 is 29.0 Å². The lowest BCUT2D eigenvalue weighted by Crippen LogP contribution is -2.37. The highest BCUT2D eigenvalue weighted by molar-refractivity contribution is 6.01. The third-order valence-corrected chi connectivity index (χ3v) is 5.42. The summed E-state index contributed by atoms with van der Waals surface area (Å²) in [6.45, 7) is 0.100. The van der Waals surface area contributed by atoms with Crippen molar-refractivity contribution in [3.63, 3.8) is 0 Å². The van der Waals surface area contributed by atoms with Gasteiger partial charge in [-0.25, -0.2) is 23.1 Å². The van der Waals surface area contributed by atoms with Gasteiger partial charge in [-0.1, -0.05) is 0 Å². The highest BCUT2D eigenvalue weighted by Gasteiger charge is 2.35. The molecule has 2 aromatic heterocycles. The van der Waals surface area contributed by atoms with Crippen LogP contribution in [-0.4, -0.2) is 37.8 Å². The maximum atomic E-state index is 13.2. The molecule has 0 spiro atoms. The fourth-order valence-electron chi connectivity index (χ4n) is 3.73. The van der Waals surface area contributed by atoms with E-state index in [2.05, 4.69) is 15.5 Å². The summed E-state index contributed by atoms with van der Waals surface area (Å²) in [6.07, 6.45) is 2.42. The van der Waals surface area contributed by atoms with E-state index in [-0.39, 0.29) is 29.9 Å². The van der Waals surface area contributed by atoms with Crippen LogP contribution >= 0.6 is 0 Å². The first-order chi connectivity index (χ1) is 15.9. The number of nitrogens with one attached hydrogen (secondary N) is 1. The number of nitrogens with zero attached hydrogens (tertiary/aromatic N) is 5. The van der Waals surface area contributed by atoms with Gasteiger partial charge in [-0.05, 0) is 48.5 Å². The molecule has 9 nitrogen and oxygen atoms in total. The first kappa shape index (κ1) is 20.5. The van der Waals surface area contributed by atoms with Gasteiger partial charge in [0, 0.05) is 18.7 Å². The van der Waals surface area contributed by atoms with Gasteiger partial charge in [-0.3, -0.25) is 19.8 Å². The minimum Gasteiger partial charge on any atom is -0.312 e. The van der Waals surface area contributed by atoms with E-state index in [0.717, 1.165) is 11.0 Å². The molecule has 3 heterocycles. The summed E-state index contributed by atoms with van der Waals surface area (Å²) in [5, 5.41) is 4.29. The second-order valence-corrected chi connectivity index (χ2v) is 7.55. The largest absolute Gasteiger partial charge is 0.312 e. The number of rotatable bonds is 4. The number of halogens is 2. The number of anilines is 1. The van der Waals surface area contributed by atoms with Crippen LogP contribution in [0.25, 0.3) is 16.7 Å². The number of carbonyl (C=O) groups excluding carboxylic acids is 2. The van der Waals surface area contributed by atoms with Gasteiger partial charge in [0.25, 0.3) is 5.56 Å². The average molecular weight is 450 g/mol. The average Bonchev–Trinajstić information content (AvgIpc) is 3.41. The Kier molecular flexibility index (Phi) is 4.93. The van der Waals surface area contributed by atoms with E-state index in [1.165, 1.54) is 64.3 Å². The molecule has 2 aromatic carbocycles. The number of benzene rings is 2. The third-order valence-electron chi connectivity index (χ3n) is 5.42. The van der Waals surface area contributed by atoms with Crippen molar-refractivity contribution in [2.24, 2.45) is 5.92 Å². The molecule has 1 aliphatic rings. The summed E-state index contributed by atoms with van der Waals surface area (Å²) in [4.78, 5) is 43.6. The van der Waals surface area contributed by atoms with Gasteiger partial charge >= 0.3 is 0 Å². The Labute approximate surface area is 184 Å². The summed E-state index contributed by atoms with van der Waals surface area (Å²) < 4.78 is 28.7. The van der Waals surface area contributed by atoms with Crippen LogP contribution in [-0.2, 0) is 9.59 Å². The van der Waals surface area contributed by atoms with Crippen molar-refractivity contribution >= 4 is 28.5 Å². The Hall–Kier alpha value is -4.41. The van der Waals surface area contributed by atoms with E-state index in [1.54, 1.807) is 0 Å². The number of amides is 2. The zero-order chi connectivity index (χ0) is 23.1. The van der Waals surface area contributed by atoms with Gasteiger partial charge in [-0.2, -0.15) is 5.10 Å². The fraction of sp³-hybridized carbons (Fsp3) is 0.136. The molecular formula is C22H16F2N6O3. The summed E-state index contributed by atoms with van der Waals surface area (Å²) in [5.74, 6) is -2.33. The zero-order valence-corrected chi connectivity index (χ0v) is 17.0. The van der Waals surface area contributed by atoms with Crippen molar-refractivity contribution in [2.45, 2.75) is 6.42 Å². The third kappa shape index (κ3) is 3.73. The van der Waals surface area contributed by atoms with E-state index >= 15 is 0 Å². The smallest absolute Gasteiger partial charge is 0.283 e. The Morgan fingerprint density at radius 2 is 1.61 bits per heavy atom. The summed E-state index contributed by atoms with van der Waals surface area (Å²) in [5.41, 5.74) is 3.18. The Bertz CT molecular complexity index is 1430. The van der Waals surface area contributed by atoms with E-state index in [9.17, 15) is 23.2 Å². The van der Waals surface area contributed by atoms with E-state index in [0.29, 0.717) is 11.4 Å². The van der Waals surface area contributed by atoms with Gasteiger partial charge in [0.05, 0.1) is 17.8 Å². The Morgan fingerprint density at radius 1 is 0.970 bits per heavy atom. The standard InChI is InChI=1S/C22H16F2N6O3/c23-14-1-5-16(6-2-14)28-11-13(9-19(28)31)21(32)27-29-12-25-20-18(22(29)33)10-26-30(20)17-7-3-15(24)4-8-17/h1-8,10,12-13H,9,11H2,(H,27,32). The van der Waals surface area contributed by atoms with Crippen LogP contribution in [0.3, 0.4) is 0 Å². The van der Waals surface area contributed by atoms with Gasteiger partial charge in [0.2, 0.25) is 11.8 Å². The molecule has 5 rings (SSSR count). The second-order valence-electron chi connectivity index (χ2n) is 7.55. The molecule has 4 aromatic rings. The maximum absolute atomic E-state index is 13.2. The molecule has 1 N–H and O–H groups in total. The van der Waals surface area contributed by atoms with Crippen LogP contribution in [0.1, 0.15) is 6.42 Å². The number of hydrogen-bond acceptors (Lipinski definition) is 5. The Morgan fingerprint density at radius 3 is 2.27 bits per heavy atom. The van der Waals surface area contributed by atoms with Crippen molar-refractivity contribution in [3.8, 4) is 5.69 Å². The summed E-state index contributed by atoms with van der Waals surface area (Å²) in [7, 11) is 0. The van der Waals surface area contributed by atoms with E-state index in [4.69, 9.17) is 0 Å². The summed E-state index contributed by atoms with van der Waals surface area (Å²) in [6, 6.07) is 10.9. The quantitative estimate of drug-likeness (QED) is 0.512. The predicted molar refractivity (Wildman–Crippen MR) is 114 cm³/mol. The second kappa shape index (κ2) is 7.93. The highest BCUT2D eigenvalue weighted by Crippen LogP contribution is 2.25. The van der Waals surface area contributed by atoms with Crippen molar-refractivity contribution in [2.75, 3.05) is 16.9 Å². The predicted octanol–water partition coefficient (Wildman–Crippen LogP) is 1.98. The molecule has 0 saturated carbocycles. The molecule has 1 atom stereocenters. The first-order valence-corrected chi connectivity index (χ1v) is 9.99. The van der Waals surface area contributed by atoms with Crippen LogP contribution < -0.4 is 15.9 Å². The number of fused-ring (bicyclic) bond motifs is 1. The minimum atomic E-state index is -0.702. The topological polar surface area (TPSA) is 102 Å². The van der Waals surface area contributed by atoms with Crippen LogP contribution in [0.15, 0.2) is 65.8 Å². The summed E-state index contributed by atoms with van der Waals surface area (Å²) >= 11 is 0. The molecule has 1 aliphatic heterocycles. The van der Waals surface area contributed by atoms with Crippen LogP contribution in [0.4, 0.5) is 14.5 Å². The normalized spacial score (nSPS) is 15.9. The van der Waals surface area contributed by atoms with Crippen LogP contribution in [0.2, 0.25) is 0 Å². The first-order valence-electron chi connectivity index (χ1n) is 9.99. The maximum Gasteiger partial charge on any atom is 0.283 e. The molecule has 1 unspecified atom stereocenters. The monoisotopic (exact) mass is 450 g/mol. The van der Waals surface area contributed by atoms with Gasteiger partial charge in [0.1, 0.15) is 23.3 Å². The fourth-order valence-corrected chi connectivity index (χ4v) is 3.73. The van der Waals surface area contributed by atoms with Gasteiger partial charge in [0.15, 0.2) is 5.65 Å². The molecule has 166 valence electrons. The van der Waals surface area contributed by atoms with Crippen LogP contribution in [0, 0.1) is 17.6 Å². The van der Waals surface area contributed by atoms with Crippen molar-refractivity contribution < 1.29 is 18.4 Å². The van der Waals surface area contributed by atoms with Crippen molar-refractivity contribution in [1.82, 2.24) is 19.4 Å². The lowest BCUT2D eigenvalue weighted by molar-refractivity contribution is -0.123. The molecular weight excluding hydrogens is 434 g/mol. The molecule has 2 amide bonds. The molecule has 0 radical (unpaired) electrons. The lowest BCUT2D eigenvalue weighted by atomic mass is 10.1.